The van der Waals surface area contributed by atoms with E-state index in [4.69, 9.17) is 4.74 Å². The van der Waals surface area contributed by atoms with Crippen LogP contribution in [0.1, 0.15) is 21.7 Å². The number of hydrogen-bond donors (Lipinski definition) is 2. The van der Waals surface area contributed by atoms with Crippen LogP contribution in [0.15, 0.2) is 60.8 Å². The van der Waals surface area contributed by atoms with Crippen molar-refractivity contribution in [2.75, 3.05) is 18.4 Å². The number of amides is 1. The van der Waals surface area contributed by atoms with E-state index in [0.717, 1.165) is 17.8 Å². The Hall–Kier alpha value is -4.01. The standard InChI is InChI=1S/C24H21F3N4O2/c1-15-22(24(32)29-12-11-28-17-9-7-16(25)8-10-17)31-13-3-6-21(23(31)30-15)33-14-18-19(26)4-2-5-20(18)27/h2-10,13,28H,11-12,14H2,1H3,(H,29,32). The Kier molecular flexibility index (Phi) is 6.48. The predicted octanol–water partition coefficient (Wildman–Crippen LogP) is 4.48. The number of pyridine rings is 1. The Labute approximate surface area is 188 Å². The number of benzene rings is 2. The molecule has 4 aromatic rings. The fourth-order valence-electron chi connectivity index (χ4n) is 3.40. The highest BCUT2D eigenvalue weighted by Gasteiger charge is 2.19. The second-order valence-electron chi connectivity index (χ2n) is 7.29. The van der Waals surface area contributed by atoms with Gasteiger partial charge in [0.25, 0.3) is 5.91 Å². The SMILES string of the molecule is Cc1nc2c(OCc3c(F)cccc3F)cccn2c1C(=O)NCCNc1ccc(F)cc1. The molecule has 2 heterocycles. The molecule has 2 N–H and O–H groups in total. The quantitative estimate of drug-likeness (QED) is 0.385. The Morgan fingerprint density at radius 1 is 1.00 bits per heavy atom. The molecule has 170 valence electrons. The summed E-state index contributed by atoms with van der Waals surface area (Å²) in [5, 5.41) is 5.91. The minimum atomic E-state index is -0.698. The molecular weight excluding hydrogens is 433 g/mol. The third kappa shape index (κ3) is 4.92. The zero-order valence-corrected chi connectivity index (χ0v) is 17.7. The van der Waals surface area contributed by atoms with Gasteiger partial charge in [0, 0.05) is 25.0 Å². The maximum Gasteiger partial charge on any atom is 0.270 e. The minimum Gasteiger partial charge on any atom is -0.485 e. The van der Waals surface area contributed by atoms with Crippen molar-refractivity contribution >= 4 is 17.2 Å². The minimum absolute atomic E-state index is 0.186. The van der Waals surface area contributed by atoms with E-state index in [0.29, 0.717) is 35.9 Å². The molecule has 0 saturated carbocycles. The van der Waals surface area contributed by atoms with Crippen LogP contribution in [-0.4, -0.2) is 28.4 Å². The van der Waals surface area contributed by atoms with Gasteiger partial charge in [-0.2, -0.15) is 0 Å². The largest absolute Gasteiger partial charge is 0.485 e. The number of aromatic nitrogens is 2. The van der Waals surface area contributed by atoms with E-state index in [9.17, 15) is 18.0 Å². The van der Waals surface area contributed by atoms with Gasteiger partial charge in [0.2, 0.25) is 0 Å². The van der Waals surface area contributed by atoms with E-state index in [2.05, 4.69) is 15.6 Å². The summed E-state index contributed by atoms with van der Waals surface area (Å²) in [6.07, 6.45) is 1.66. The molecule has 0 atom stereocenters. The van der Waals surface area contributed by atoms with Crippen molar-refractivity contribution < 1.29 is 22.7 Å². The van der Waals surface area contributed by atoms with Gasteiger partial charge in [-0.1, -0.05) is 6.07 Å². The normalized spacial score (nSPS) is 10.9. The molecule has 0 aliphatic carbocycles. The van der Waals surface area contributed by atoms with Crippen LogP contribution in [0.25, 0.3) is 5.65 Å². The predicted molar refractivity (Wildman–Crippen MR) is 118 cm³/mol. The molecule has 2 aromatic heterocycles. The van der Waals surface area contributed by atoms with Crippen molar-refractivity contribution in [1.29, 1.82) is 0 Å². The van der Waals surface area contributed by atoms with Crippen LogP contribution in [0, 0.1) is 24.4 Å². The fraction of sp³-hybridized carbons (Fsp3) is 0.167. The van der Waals surface area contributed by atoms with Crippen molar-refractivity contribution in [1.82, 2.24) is 14.7 Å². The van der Waals surface area contributed by atoms with Gasteiger partial charge in [-0.15, -0.1) is 0 Å². The highest BCUT2D eigenvalue weighted by molar-refractivity contribution is 5.95. The molecule has 0 aliphatic heterocycles. The van der Waals surface area contributed by atoms with Crippen LogP contribution in [-0.2, 0) is 6.61 Å². The average Bonchev–Trinajstić information content (AvgIpc) is 3.14. The van der Waals surface area contributed by atoms with Gasteiger partial charge >= 0.3 is 0 Å². The number of halogens is 3. The van der Waals surface area contributed by atoms with Crippen molar-refractivity contribution in [3.8, 4) is 5.75 Å². The zero-order chi connectivity index (χ0) is 23.4. The number of carbonyl (C=O) groups excluding carboxylic acids is 1. The van der Waals surface area contributed by atoms with Gasteiger partial charge in [0.15, 0.2) is 11.4 Å². The third-order valence-electron chi connectivity index (χ3n) is 5.02. The lowest BCUT2D eigenvalue weighted by Crippen LogP contribution is -2.30. The van der Waals surface area contributed by atoms with Gasteiger partial charge in [0.05, 0.1) is 11.3 Å². The van der Waals surface area contributed by atoms with E-state index < -0.39 is 11.6 Å². The van der Waals surface area contributed by atoms with Crippen molar-refractivity contribution in [2.45, 2.75) is 13.5 Å². The molecule has 0 fully saturated rings. The van der Waals surface area contributed by atoms with Crippen LogP contribution in [0.4, 0.5) is 18.9 Å². The molecule has 4 rings (SSSR count). The third-order valence-corrected chi connectivity index (χ3v) is 5.02. The number of ether oxygens (including phenoxy) is 1. The highest BCUT2D eigenvalue weighted by Crippen LogP contribution is 2.24. The van der Waals surface area contributed by atoms with Crippen LogP contribution < -0.4 is 15.4 Å². The Morgan fingerprint density at radius 2 is 1.73 bits per heavy atom. The summed E-state index contributed by atoms with van der Waals surface area (Å²) in [6.45, 7) is 2.14. The first-order valence-corrected chi connectivity index (χ1v) is 10.2. The summed E-state index contributed by atoms with van der Waals surface area (Å²) in [7, 11) is 0. The Bertz CT molecular complexity index is 1270. The first kappa shape index (κ1) is 22.2. The summed E-state index contributed by atoms with van der Waals surface area (Å²) >= 11 is 0. The van der Waals surface area contributed by atoms with Crippen molar-refractivity contribution in [3.05, 3.63) is 95.2 Å². The monoisotopic (exact) mass is 454 g/mol. The number of anilines is 1. The molecule has 0 radical (unpaired) electrons. The van der Waals surface area contributed by atoms with E-state index in [-0.39, 0.29) is 23.9 Å². The lowest BCUT2D eigenvalue weighted by molar-refractivity contribution is 0.0948. The second-order valence-corrected chi connectivity index (χ2v) is 7.29. The maximum atomic E-state index is 13.9. The first-order chi connectivity index (χ1) is 15.9. The molecule has 6 nitrogen and oxygen atoms in total. The van der Waals surface area contributed by atoms with Crippen LogP contribution in [0.3, 0.4) is 0 Å². The second kappa shape index (κ2) is 9.64. The van der Waals surface area contributed by atoms with Crippen molar-refractivity contribution in [2.24, 2.45) is 0 Å². The van der Waals surface area contributed by atoms with E-state index in [1.165, 1.54) is 18.2 Å². The smallest absolute Gasteiger partial charge is 0.270 e. The van der Waals surface area contributed by atoms with Gasteiger partial charge < -0.3 is 15.4 Å². The Morgan fingerprint density at radius 3 is 2.45 bits per heavy atom. The zero-order valence-electron chi connectivity index (χ0n) is 17.7. The summed E-state index contributed by atoms with van der Waals surface area (Å²) in [5.74, 6) is -1.76. The number of aryl methyl sites for hydroxylation is 1. The summed E-state index contributed by atoms with van der Waals surface area (Å²) in [5.41, 5.74) is 1.72. The van der Waals surface area contributed by atoms with Crippen LogP contribution in [0.5, 0.6) is 5.75 Å². The lowest BCUT2D eigenvalue weighted by atomic mass is 10.2. The number of nitrogens with zero attached hydrogens (tertiary/aromatic N) is 2. The number of hydrogen-bond acceptors (Lipinski definition) is 4. The summed E-state index contributed by atoms with van der Waals surface area (Å²) < 4.78 is 48.0. The molecule has 0 spiro atoms. The molecule has 2 aromatic carbocycles. The molecule has 33 heavy (non-hydrogen) atoms. The fourth-order valence-corrected chi connectivity index (χ4v) is 3.40. The maximum absolute atomic E-state index is 13.9. The van der Waals surface area contributed by atoms with E-state index >= 15 is 0 Å². The van der Waals surface area contributed by atoms with Gasteiger partial charge in [-0.25, -0.2) is 18.2 Å². The topological polar surface area (TPSA) is 67.7 Å². The molecule has 0 saturated heterocycles. The Balaban J connectivity index is 1.44. The lowest BCUT2D eigenvalue weighted by Gasteiger charge is -2.10. The highest BCUT2D eigenvalue weighted by atomic mass is 19.1. The number of imidazole rings is 1. The van der Waals surface area contributed by atoms with E-state index in [1.54, 1.807) is 41.8 Å². The van der Waals surface area contributed by atoms with Gasteiger partial charge in [-0.3, -0.25) is 9.20 Å². The number of nitrogens with one attached hydrogen (secondary N) is 2. The number of carbonyl (C=O) groups is 1. The number of rotatable bonds is 8. The molecule has 9 heteroatoms. The summed E-state index contributed by atoms with van der Waals surface area (Å²) in [4.78, 5) is 17.2. The van der Waals surface area contributed by atoms with Gasteiger partial charge in [0.1, 0.15) is 29.8 Å². The van der Waals surface area contributed by atoms with Crippen LogP contribution in [0.2, 0.25) is 0 Å². The molecule has 0 aliphatic rings. The van der Waals surface area contributed by atoms with Crippen LogP contribution >= 0.6 is 0 Å². The van der Waals surface area contributed by atoms with Crippen molar-refractivity contribution in [3.63, 3.8) is 0 Å². The van der Waals surface area contributed by atoms with Gasteiger partial charge in [-0.05, 0) is 55.5 Å². The average molecular weight is 454 g/mol. The molecule has 1 amide bonds. The molecule has 0 unspecified atom stereocenters. The molecule has 0 bridgehead atoms. The molecular formula is C24H21F3N4O2. The number of fused-ring (bicyclic) bond motifs is 1. The summed E-state index contributed by atoms with van der Waals surface area (Å²) in [6, 6.07) is 12.8. The first-order valence-electron chi connectivity index (χ1n) is 10.2. The van der Waals surface area contributed by atoms with E-state index in [1.807, 2.05) is 0 Å².